The summed E-state index contributed by atoms with van der Waals surface area (Å²) in [5.74, 6) is 8.15. The number of aryl methyl sites for hydroxylation is 1. The van der Waals surface area contributed by atoms with Crippen molar-refractivity contribution in [3.05, 3.63) is 53.5 Å². The number of piperazine rings is 1. The van der Waals surface area contributed by atoms with E-state index in [9.17, 15) is 4.79 Å². The van der Waals surface area contributed by atoms with Gasteiger partial charge in [-0.1, -0.05) is 43.9 Å². The predicted molar refractivity (Wildman–Crippen MR) is 111 cm³/mol. The summed E-state index contributed by atoms with van der Waals surface area (Å²) < 4.78 is 0. The summed E-state index contributed by atoms with van der Waals surface area (Å²) >= 11 is 0. The molecule has 2 heterocycles. The maximum atomic E-state index is 12.4. The SMILES string of the molecule is Cc1cc(N2CCN(C(=O)NCC#Cc3ccccc3)CC2)nc(C(C)C)n1. The molecule has 0 radical (unpaired) electrons. The smallest absolute Gasteiger partial charge is 0.318 e. The molecule has 1 aliphatic heterocycles. The molecule has 3 rings (SSSR count). The summed E-state index contributed by atoms with van der Waals surface area (Å²) in [6, 6.07) is 11.7. The van der Waals surface area contributed by atoms with E-state index in [2.05, 4.69) is 40.9 Å². The Morgan fingerprint density at radius 3 is 2.54 bits per heavy atom. The van der Waals surface area contributed by atoms with Crippen molar-refractivity contribution in [1.29, 1.82) is 0 Å². The third-order valence-corrected chi connectivity index (χ3v) is 4.60. The molecule has 6 heteroatoms. The number of amides is 2. The largest absolute Gasteiger partial charge is 0.353 e. The number of urea groups is 1. The molecule has 1 aromatic carbocycles. The monoisotopic (exact) mass is 377 g/mol. The second-order valence-electron chi connectivity index (χ2n) is 7.18. The lowest BCUT2D eigenvalue weighted by Crippen LogP contribution is -2.52. The first-order valence-corrected chi connectivity index (χ1v) is 9.70. The van der Waals surface area contributed by atoms with Gasteiger partial charge in [0.1, 0.15) is 11.6 Å². The molecule has 2 amide bonds. The average Bonchev–Trinajstić information content (AvgIpc) is 2.71. The van der Waals surface area contributed by atoms with Crippen molar-refractivity contribution >= 4 is 11.8 Å². The Morgan fingerprint density at radius 2 is 1.86 bits per heavy atom. The summed E-state index contributed by atoms with van der Waals surface area (Å²) in [5.41, 5.74) is 1.93. The van der Waals surface area contributed by atoms with Crippen LogP contribution in [0.2, 0.25) is 0 Å². The first kappa shape index (κ1) is 19.7. The predicted octanol–water partition coefficient (Wildman–Crippen LogP) is 2.79. The highest BCUT2D eigenvalue weighted by Crippen LogP contribution is 2.18. The Kier molecular flexibility index (Phi) is 6.49. The van der Waals surface area contributed by atoms with Crippen LogP contribution in [0.1, 0.15) is 36.8 Å². The van der Waals surface area contributed by atoms with Crippen LogP contribution >= 0.6 is 0 Å². The van der Waals surface area contributed by atoms with Crippen LogP contribution in [0.3, 0.4) is 0 Å². The fraction of sp³-hybridized carbons (Fsp3) is 0.409. The van der Waals surface area contributed by atoms with Crippen molar-refractivity contribution in [2.75, 3.05) is 37.6 Å². The Labute approximate surface area is 167 Å². The second kappa shape index (κ2) is 9.23. The number of benzene rings is 1. The number of carbonyl (C=O) groups excluding carboxylic acids is 1. The van der Waals surface area contributed by atoms with Gasteiger partial charge in [0.2, 0.25) is 0 Å². The minimum absolute atomic E-state index is 0.0660. The normalized spacial score (nSPS) is 13.9. The van der Waals surface area contributed by atoms with Gasteiger partial charge in [-0.05, 0) is 19.1 Å². The third-order valence-electron chi connectivity index (χ3n) is 4.60. The fourth-order valence-corrected chi connectivity index (χ4v) is 3.03. The van der Waals surface area contributed by atoms with E-state index in [1.54, 1.807) is 0 Å². The van der Waals surface area contributed by atoms with Gasteiger partial charge in [-0.2, -0.15) is 0 Å². The summed E-state index contributed by atoms with van der Waals surface area (Å²) in [4.78, 5) is 25.6. The fourth-order valence-electron chi connectivity index (χ4n) is 3.03. The summed E-state index contributed by atoms with van der Waals surface area (Å²) in [6.07, 6.45) is 0. The van der Waals surface area contributed by atoms with Crippen molar-refractivity contribution < 1.29 is 4.79 Å². The number of rotatable bonds is 3. The number of anilines is 1. The first-order chi connectivity index (χ1) is 13.5. The van der Waals surface area contributed by atoms with Crippen LogP contribution in [0.15, 0.2) is 36.4 Å². The molecule has 1 N–H and O–H groups in total. The van der Waals surface area contributed by atoms with E-state index in [1.807, 2.05) is 48.2 Å². The summed E-state index contributed by atoms with van der Waals surface area (Å²) in [6.45, 7) is 9.39. The van der Waals surface area contributed by atoms with Gasteiger partial charge in [-0.25, -0.2) is 14.8 Å². The second-order valence-corrected chi connectivity index (χ2v) is 7.18. The number of hydrogen-bond acceptors (Lipinski definition) is 4. The molecule has 0 aliphatic carbocycles. The van der Waals surface area contributed by atoms with Crippen LogP contribution in [-0.4, -0.2) is 53.6 Å². The van der Waals surface area contributed by atoms with Crippen LogP contribution in [0, 0.1) is 18.8 Å². The first-order valence-electron chi connectivity index (χ1n) is 9.70. The third kappa shape index (κ3) is 5.23. The zero-order chi connectivity index (χ0) is 19.9. The number of hydrogen-bond donors (Lipinski definition) is 1. The number of carbonyl (C=O) groups is 1. The Morgan fingerprint density at radius 1 is 1.14 bits per heavy atom. The molecular formula is C22H27N5O. The van der Waals surface area contributed by atoms with Crippen LogP contribution < -0.4 is 10.2 Å². The zero-order valence-electron chi connectivity index (χ0n) is 16.8. The van der Waals surface area contributed by atoms with Crippen molar-refractivity contribution in [2.24, 2.45) is 0 Å². The van der Waals surface area contributed by atoms with Crippen molar-refractivity contribution in [1.82, 2.24) is 20.2 Å². The average molecular weight is 377 g/mol. The quantitative estimate of drug-likeness (QED) is 0.836. The van der Waals surface area contributed by atoms with E-state index >= 15 is 0 Å². The maximum Gasteiger partial charge on any atom is 0.318 e. The lowest BCUT2D eigenvalue weighted by atomic mass is 10.2. The van der Waals surface area contributed by atoms with Gasteiger partial charge < -0.3 is 15.1 Å². The molecule has 28 heavy (non-hydrogen) atoms. The van der Waals surface area contributed by atoms with Crippen LogP contribution in [0.4, 0.5) is 10.6 Å². The van der Waals surface area contributed by atoms with Gasteiger partial charge in [-0.15, -0.1) is 0 Å². The van der Waals surface area contributed by atoms with Crippen LogP contribution in [0.25, 0.3) is 0 Å². The minimum atomic E-state index is -0.0660. The molecular weight excluding hydrogens is 350 g/mol. The molecule has 0 atom stereocenters. The van der Waals surface area contributed by atoms with Crippen molar-refractivity contribution in [2.45, 2.75) is 26.7 Å². The summed E-state index contributed by atoms with van der Waals surface area (Å²) in [5, 5.41) is 2.88. The number of nitrogens with one attached hydrogen (secondary N) is 1. The van der Waals surface area contributed by atoms with E-state index in [0.29, 0.717) is 25.6 Å². The van der Waals surface area contributed by atoms with Gasteiger partial charge in [0.25, 0.3) is 0 Å². The number of nitrogens with zero attached hydrogens (tertiary/aromatic N) is 4. The molecule has 1 fully saturated rings. The molecule has 1 aromatic heterocycles. The molecule has 0 bridgehead atoms. The highest BCUT2D eigenvalue weighted by atomic mass is 16.2. The lowest BCUT2D eigenvalue weighted by molar-refractivity contribution is 0.195. The topological polar surface area (TPSA) is 61.4 Å². The molecule has 1 aliphatic rings. The van der Waals surface area contributed by atoms with Gasteiger partial charge in [0, 0.05) is 49.4 Å². The van der Waals surface area contributed by atoms with E-state index in [-0.39, 0.29) is 6.03 Å². The Hall–Kier alpha value is -3.07. The highest BCUT2D eigenvalue weighted by molar-refractivity contribution is 5.74. The van der Waals surface area contributed by atoms with Gasteiger partial charge in [0.05, 0.1) is 6.54 Å². The molecule has 0 unspecified atom stereocenters. The molecule has 6 nitrogen and oxygen atoms in total. The number of aromatic nitrogens is 2. The van der Waals surface area contributed by atoms with Crippen LogP contribution in [0.5, 0.6) is 0 Å². The van der Waals surface area contributed by atoms with Crippen molar-refractivity contribution in [3.63, 3.8) is 0 Å². The van der Waals surface area contributed by atoms with Gasteiger partial charge >= 0.3 is 6.03 Å². The molecule has 0 spiro atoms. The highest BCUT2D eigenvalue weighted by Gasteiger charge is 2.22. The molecule has 146 valence electrons. The van der Waals surface area contributed by atoms with E-state index in [1.165, 1.54) is 0 Å². The lowest BCUT2D eigenvalue weighted by Gasteiger charge is -2.35. The van der Waals surface area contributed by atoms with E-state index in [4.69, 9.17) is 4.98 Å². The molecule has 0 saturated carbocycles. The molecule has 2 aromatic rings. The van der Waals surface area contributed by atoms with E-state index in [0.717, 1.165) is 36.0 Å². The van der Waals surface area contributed by atoms with Crippen LogP contribution in [-0.2, 0) is 0 Å². The van der Waals surface area contributed by atoms with Gasteiger partial charge in [-0.3, -0.25) is 0 Å². The Balaban J connectivity index is 1.50. The van der Waals surface area contributed by atoms with Crippen molar-refractivity contribution in [3.8, 4) is 11.8 Å². The standard InChI is InChI=1S/C22H27N5O/c1-17(2)21-24-18(3)16-20(25-21)26-12-14-27(15-13-26)22(28)23-11-7-10-19-8-5-4-6-9-19/h4-6,8-9,16-17H,11-15H2,1-3H3,(H,23,28). The molecule has 1 saturated heterocycles. The summed E-state index contributed by atoms with van der Waals surface area (Å²) in [7, 11) is 0. The van der Waals surface area contributed by atoms with Gasteiger partial charge in [0.15, 0.2) is 0 Å². The zero-order valence-corrected chi connectivity index (χ0v) is 16.8. The minimum Gasteiger partial charge on any atom is -0.353 e. The van der Waals surface area contributed by atoms with E-state index < -0.39 is 0 Å². The maximum absolute atomic E-state index is 12.4. The Bertz CT molecular complexity index is 861.